The number of hydrogen-bond acceptors (Lipinski definition) is 2. The number of rotatable bonds is 4. The smallest absolute Gasteiger partial charge is 0.242 e. The Balaban J connectivity index is 2.66. The molecule has 1 amide bonds. The number of benzene rings is 1. The number of amides is 1. The lowest BCUT2D eigenvalue weighted by atomic mass is 10.2. The molecule has 0 aliphatic rings. The molecule has 5 heteroatoms. The van der Waals surface area contributed by atoms with Gasteiger partial charge in [0.1, 0.15) is 11.9 Å². The maximum atomic E-state index is 13.0. The van der Waals surface area contributed by atoms with Gasteiger partial charge in [0.25, 0.3) is 0 Å². The third-order valence-corrected chi connectivity index (χ3v) is 2.65. The highest BCUT2D eigenvalue weighted by atomic mass is 79.9. The van der Waals surface area contributed by atoms with Crippen molar-refractivity contribution in [2.45, 2.75) is 19.9 Å². The molecule has 2 N–H and O–H groups in total. The van der Waals surface area contributed by atoms with Gasteiger partial charge in [-0.3, -0.25) is 4.79 Å². The second-order valence-electron chi connectivity index (χ2n) is 3.39. The van der Waals surface area contributed by atoms with Crippen molar-refractivity contribution in [2.24, 2.45) is 0 Å². The number of carbonyl (C=O) groups is 1. The van der Waals surface area contributed by atoms with Gasteiger partial charge in [-0.05, 0) is 48.0 Å². The number of nitrogens with one attached hydrogen (secondary N) is 2. The highest BCUT2D eigenvalue weighted by Crippen LogP contribution is 2.20. The minimum Gasteiger partial charge on any atom is -0.374 e. The summed E-state index contributed by atoms with van der Waals surface area (Å²) in [7, 11) is 0. The fraction of sp³-hybridized carbons (Fsp3) is 0.364. The van der Waals surface area contributed by atoms with Gasteiger partial charge in [0.15, 0.2) is 0 Å². The summed E-state index contributed by atoms with van der Waals surface area (Å²) in [5.74, 6) is -0.404. The molecule has 16 heavy (non-hydrogen) atoms. The topological polar surface area (TPSA) is 41.1 Å². The van der Waals surface area contributed by atoms with Crippen molar-refractivity contribution < 1.29 is 9.18 Å². The average molecular weight is 289 g/mol. The maximum absolute atomic E-state index is 13.0. The molecular weight excluding hydrogens is 275 g/mol. The Bertz CT molecular complexity index is 384. The summed E-state index contributed by atoms with van der Waals surface area (Å²) in [6.45, 7) is 4.21. The summed E-state index contributed by atoms with van der Waals surface area (Å²) in [6, 6.07) is 4.19. The highest BCUT2D eigenvalue weighted by Gasteiger charge is 2.11. The van der Waals surface area contributed by atoms with Gasteiger partial charge < -0.3 is 10.6 Å². The zero-order valence-electron chi connectivity index (χ0n) is 9.18. The first kappa shape index (κ1) is 13.0. The Labute approximate surface area is 103 Å². The molecule has 1 unspecified atom stereocenters. The number of likely N-dealkylation sites (N-methyl/N-ethyl adjacent to an activating group) is 1. The minimum absolute atomic E-state index is 0.0806. The van der Waals surface area contributed by atoms with E-state index in [4.69, 9.17) is 0 Å². The molecule has 0 aliphatic heterocycles. The third kappa shape index (κ3) is 3.48. The van der Waals surface area contributed by atoms with Crippen LogP contribution in [0.5, 0.6) is 0 Å². The molecule has 0 aromatic heterocycles. The van der Waals surface area contributed by atoms with Crippen LogP contribution in [0.3, 0.4) is 0 Å². The van der Waals surface area contributed by atoms with Crippen molar-refractivity contribution >= 4 is 27.5 Å². The SMILES string of the molecule is CCNC(=O)C(C)Nc1ccc(F)c(Br)c1. The van der Waals surface area contributed by atoms with Crippen LogP contribution in [-0.2, 0) is 4.79 Å². The van der Waals surface area contributed by atoms with Crippen molar-refractivity contribution in [3.8, 4) is 0 Å². The van der Waals surface area contributed by atoms with E-state index in [0.717, 1.165) is 0 Å². The number of halogens is 2. The zero-order chi connectivity index (χ0) is 12.1. The van der Waals surface area contributed by atoms with Gasteiger partial charge >= 0.3 is 0 Å². The summed E-state index contributed by atoms with van der Waals surface area (Å²) in [5, 5.41) is 5.69. The lowest BCUT2D eigenvalue weighted by Gasteiger charge is -2.14. The first-order valence-corrected chi connectivity index (χ1v) is 5.83. The third-order valence-electron chi connectivity index (χ3n) is 2.05. The lowest BCUT2D eigenvalue weighted by Crippen LogP contribution is -2.37. The molecule has 0 bridgehead atoms. The molecular formula is C11H14BrFN2O. The van der Waals surface area contributed by atoms with Crippen LogP contribution in [0, 0.1) is 5.82 Å². The van der Waals surface area contributed by atoms with E-state index in [1.165, 1.54) is 6.07 Å². The molecule has 1 aromatic carbocycles. The summed E-state index contributed by atoms with van der Waals surface area (Å²) >= 11 is 3.09. The molecule has 0 aliphatic carbocycles. The second-order valence-corrected chi connectivity index (χ2v) is 4.24. The Morgan fingerprint density at radius 1 is 1.56 bits per heavy atom. The van der Waals surface area contributed by atoms with Crippen molar-refractivity contribution in [2.75, 3.05) is 11.9 Å². The monoisotopic (exact) mass is 288 g/mol. The van der Waals surface area contributed by atoms with Crippen LogP contribution in [0.1, 0.15) is 13.8 Å². The molecule has 0 saturated carbocycles. The lowest BCUT2D eigenvalue weighted by molar-refractivity contribution is -0.121. The van der Waals surface area contributed by atoms with Crippen LogP contribution in [0.15, 0.2) is 22.7 Å². The van der Waals surface area contributed by atoms with Gasteiger partial charge in [-0.25, -0.2) is 4.39 Å². The van der Waals surface area contributed by atoms with Crippen LogP contribution in [-0.4, -0.2) is 18.5 Å². The first-order valence-electron chi connectivity index (χ1n) is 5.04. The molecule has 0 spiro atoms. The number of carbonyl (C=O) groups excluding carboxylic acids is 1. The van der Waals surface area contributed by atoms with Crippen LogP contribution >= 0.6 is 15.9 Å². The van der Waals surface area contributed by atoms with E-state index in [-0.39, 0.29) is 17.8 Å². The van der Waals surface area contributed by atoms with Gasteiger partial charge in [-0.2, -0.15) is 0 Å². The number of anilines is 1. The van der Waals surface area contributed by atoms with Crippen molar-refractivity contribution in [1.29, 1.82) is 0 Å². The van der Waals surface area contributed by atoms with Crippen LogP contribution in [0.4, 0.5) is 10.1 Å². The molecule has 0 saturated heterocycles. The fourth-order valence-electron chi connectivity index (χ4n) is 1.23. The summed E-state index contributed by atoms with van der Waals surface area (Å²) in [6.07, 6.45) is 0. The van der Waals surface area contributed by atoms with E-state index < -0.39 is 0 Å². The van der Waals surface area contributed by atoms with Crippen LogP contribution in [0.25, 0.3) is 0 Å². The quantitative estimate of drug-likeness (QED) is 0.894. The zero-order valence-corrected chi connectivity index (χ0v) is 10.8. The van der Waals surface area contributed by atoms with Gasteiger partial charge in [-0.1, -0.05) is 0 Å². The highest BCUT2D eigenvalue weighted by molar-refractivity contribution is 9.10. The van der Waals surface area contributed by atoms with E-state index in [1.54, 1.807) is 19.1 Å². The molecule has 0 fully saturated rings. The normalized spacial score (nSPS) is 12.0. The van der Waals surface area contributed by atoms with Gasteiger partial charge in [0.2, 0.25) is 5.91 Å². The van der Waals surface area contributed by atoms with Crippen molar-refractivity contribution in [3.63, 3.8) is 0 Å². The second kappa shape index (κ2) is 5.84. The molecule has 1 rings (SSSR count). The van der Waals surface area contributed by atoms with Gasteiger partial charge in [-0.15, -0.1) is 0 Å². The molecule has 3 nitrogen and oxygen atoms in total. The van der Waals surface area contributed by atoms with E-state index >= 15 is 0 Å². The Kier molecular flexibility index (Phi) is 4.73. The maximum Gasteiger partial charge on any atom is 0.242 e. The Morgan fingerprint density at radius 3 is 2.81 bits per heavy atom. The van der Waals surface area contributed by atoms with Gasteiger partial charge in [0.05, 0.1) is 4.47 Å². The molecule has 1 atom stereocenters. The van der Waals surface area contributed by atoms with Crippen LogP contribution < -0.4 is 10.6 Å². The summed E-state index contributed by atoms with van der Waals surface area (Å²) < 4.78 is 13.3. The number of hydrogen-bond donors (Lipinski definition) is 2. The Hall–Kier alpha value is -1.10. The summed E-state index contributed by atoms with van der Waals surface area (Å²) in [4.78, 5) is 11.4. The van der Waals surface area contributed by atoms with Crippen LogP contribution in [0.2, 0.25) is 0 Å². The van der Waals surface area contributed by atoms with Crippen molar-refractivity contribution in [1.82, 2.24) is 5.32 Å². The molecule has 0 heterocycles. The molecule has 1 aromatic rings. The van der Waals surface area contributed by atoms with E-state index in [1.807, 2.05) is 6.92 Å². The van der Waals surface area contributed by atoms with Gasteiger partial charge in [0, 0.05) is 12.2 Å². The van der Waals surface area contributed by atoms with E-state index in [9.17, 15) is 9.18 Å². The largest absolute Gasteiger partial charge is 0.374 e. The Morgan fingerprint density at radius 2 is 2.25 bits per heavy atom. The van der Waals surface area contributed by atoms with E-state index in [0.29, 0.717) is 16.7 Å². The van der Waals surface area contributed by atoms with E-state index in [2.05, 4.69) is 26.6 Å². The fourth-order valence-corrected chi connectivity index (χ4v) is 1.61. The average Bonchev–Trinajstić information content (AvgIpc) is 2.24. The predicted molar refractivity (Wildman–Crippen MR) is 65.9 cm³/mol. The minimum atomic E-state index is -0.350. The summed E-state index contributed by atoms with van der Waals surface area (Å²) in [5.41, 5.74) is 0.701. The van der Waals surface area contributed by atoms with Crippen molar-refractivity contribution in [3.05, 3.63) is 28.5 Å². The molecule has 0 radical (unpaired) electrons. The standard InChI is InChI=1S/C11H14BrFN2O/c1-3-14-11(16)7(2)15-8-4-5-10(13)9(12)6-8/h4-7,15H,3H2,1-2H3,(H,14,16). The predicted octanol–water partition coefficient (Wildman–Crippen LogP) is 2.52. The first-order chi connectivity index (χ1) is 7.54. The molecule has 88 valence electrons.